The second-order valence-corrected chi connectivity index (χ2v) is 10.0. The predicted molar refractivity (Wildman–Crippen MR) is 132 cm³/mol. The number of thioether (sulfide) groups is 1. The highest BCUT2D eigenvalue weighted by Crippen LogP contribution is 2.36. The van der Waals surface area contributed by atoms with Crippen LogP contribution in [0.5, 0.6) is 0 Å². The van der Waals surface area contributed by atoms with Gasteiger partial charge in [0.05, 0.1) is 10.5 Å². The summed E-state index contributed by atoms with van der Waals surface area (Å²) in [6.07, 6.45) is 4.22. The number of aryl methyl sites for hydroxylation is 1. The Bertz CT molecular complexity index is 1270. The van der Waals surface area contributed by atoms with E-state index in [0.717, 1.165) is 16.9 Å². The van der Waals surface area contributed by atoms with E-state index < -0.39 is 0 Å². The molecule has 158 valence electrons. The number of rotatable bonds is 5. The molecule has 1 aliphatic rings. The molecule has 1 aliphatic heterocycles. The first-order valence-corrected chi connectivity index (χ1v) is 12.0. The lowest BCUT2D eigenvalue weighted by atomic mass is 10.2. The number of carbonyl (C=O) groups excluding carboxylic acids is 1. The molecule has 0 spiro atoms. The van der Waals surface area contributed by atoms with Gasteiger partial charge in [-0.3, -0.25) is 18.9 Å². The molecule has 4 rings (SSSR count). The van der Waals surface area contributed by atoms with Gasteiger partial charge < -0.3 is 0 Å². The van der Waals surface area contributed by atoms with Crippen LogP contribution >= 0.6 is 35.7 Å². The fourth-order valence-electron chi connectivity index (χ4n) is 3.21. The maximum atomic E-state index is 13.4. The van der Waals surface area contributed by atoms with Crippen LogP contribution in [0.4, 0.5) is 0 Å². The molecule has 31 heavy (non-hydrogen) atoms. The van der Waals surface area contributed by atoms with E-state index in [1.165, 1.54) is 27.9 Å². The van der Waals surface area contributed by atoms with Crippen molar-refractivity contribution in [1.82, 2.24) is 14.3 Å². The Hall–Kier alpha value is -2.42. The van der Waals surface area contributed by atoms with Gasteiger partial charge in [0.1, 0.15) is 15.0 Å². The number of benzene rings is 1. The fourth-order valence-corrected chi connectivity index (χ4v) is 5.57. The van der Waals surface area contributed by atoms with E-state index in [9.17, 15) is 9.59 Å². The van der Waals surface area contributed by atoms with Gasteiger partial charge in [-0.15, -0.1) is 0 Å². The summed E-state index contributed by atoms with van der Waals surface area (Å²) in [4.78, 5) is 34.3. The number of nitrogens with zero attached hydrogens (tertiary/aromatic N) is 3. The molecule has 8 heteroatoms. The third-order valence-electron chi connectivity index (χ3n) is 5.06. The maximum Gasteiger partial charge on any atom is 0.266 e. The molecule has 1 saturated heterocycles. The molecular formula is C23H21N3O2S3. The summed E-state index contributed by atoms with van der Waals surface area (Å²) in [5.74, 6) is -0.159. The first kappa shape index (κ1) is 21.8. The first-order chi connectivity index (χ1) is 14.9. The SMILES string of the molecule is CC[C@@H](C)N1C(=O)/C(=C/c2c(Sc3ccccc3)nc3ccc(C)cn3c2=O)SC1=S. The molecule has 0 bridgehead atoms. The second kappa shape index (κ2) is 8.98. The predicted octanol–water partition coefficient (Wildman–Crippen LogP) is 5.15. The van der Waals surface area contributed by atoms with E-state index in [0.29, 0.717) is 25.5 Å². The minimum atomic E-state index is -0.207. The van der Waals surface area contributed by atoms with Gasteiger partial charge in [-0.2, -0.15) is 0 Å². The van der Waals surface area contributed by atoms with Gasteiger partial charge >= 0.3 is 0 Å². The van der Waals surface area contributed by atoms with Crippen LogP contribution < -0.4 is 5.56 Å². The molecule has 0 unspecified atom stereocenters. The van der Waals surface area contributed by atoms with Gasteiger partial charge in [0.25, 0.3) is 11.5 Å². The molecule has 3 heterocycles. The number of hydrogen-bond donors (Lipinski definition) is 0. The minimum absolute atomic E-state index is 0.00930. The monoisotopic (exact) mass is 467 g/mol. The number of fused-ring (bicyclic) bond motifs is 1. The number of pyridine rings is 1. The molecule has 5 nitrogen and oxygen atoms in total. The van der Waals surface area contributed by atoms with E-state index in [-0.39, 0.29) is 17.5 Å². The largest absolute Gasteiger partial charge is 0.290 e. The summed E-state index contributed by atoms with van der Waals surface area (Å²) < 4.78 is 2.05. The topological polar surface area (TPSA) is 54.7 Å². The standard InChI is InChI=1S/C23H21N3O2S3/c1-4-15(3)26-22(28)18(31-23(26)29)12-17-20(30-16-8-6-5-7-9-16)24-19-11-10-14(2)13-25(19)21(17)27/h5-13,15H,4H2,1-3H3/b18-12-/t15-/m1/s1. The van der Waals surface area contributed by atoms with Gasteiger partial charge in [-0.05, 0) is 50.1 Å². The van der Waals surface area contributed by atoms with Crippen molar-refractivity contribution >= 4 is 57.7 Å². The van der Waals surface area contributed by atoms with Crippen molar-refractivity contribution in [3.8, 4) is 0 Å². The van der Waals surface area contributed by atoms with Crippen molar-refractivity contribution in [3.05, 3.63) is 75.0 Å². The molecule has 2 aromatic heterocycles. The van der Waals surface area contributed by atoms with E-state index in [4.69, 9.17) is 17.2 Å². The fraction of sp³-hybridized carbons (Fsp3) is 0.217. The Morgan fingerprint density at radius 3 is 2.65 bits per heavy atom. The summed E-state index contributed by atoms with van der Waals surface area (Å²) in [5.41, 5.74) is 1.70. The molecule has 1 fully saturated rings. The number of aromatic nitrogens is 2. The van der Waals surface area contributed by atoms with Crippen LogP contribution in [0.25, 0.3) is 11.7 Å². The lowest BCUT2D eigenvalue weighted by Gasteiger charge is -2.21. The zero-order chi connectivity index (χ0) is 22.1. The molecule has 0 radical (unpaired) electrons. The van der Waals surface area contributed by atoms with Crippen molar-refractivity contribution in [2.24, 2.45) is 0 Å². The van der Waals surface area contributed by atoms with Crippen molar-refractivity contribution in [1.29, 1.82) is 0 Å². The van der Waals surface area contributed by atoms with Crippen LogP contribution in [-0.2, 0) is 4.79 Å². The van der Waals surface area contributed by atoms with E-state index >= 15 is 0 Å². The van der Waals surface area contributed by atoms with Gasteiger partial charge in [0.2, 0.25) is 0 Å². The Labute approximate surface area is 194 Å². The van der Waals surface area contributed by atoms with Crippen LogP contribution in [-0.4, -0.2) is 30.6 Å². The molecule has 0 N–H and O–H groups in total. The number of amides is 1. The molecule has 1 atom stereocenters. The highest BCUT2D eigenvalue weighted by molar-refractivity contribution is 8.26. The summed E-state index contributed by atoms with van der Waals surface area (Å²) >= 11 is 8.09. The minimum Gasteiger partial charge on any atom is -0.290 e. The van der Waals surface area contributed by atoms with E-state index in [1.54, 1.807) is 17.2 Å². The summed E-state index contributed by atoms with van der Waals surface area (Å²) in [6, 6.07) is 13.5. The van der Waals surface area contributed by atoms with Crippen molar-refractivity contribution in [2.45, 2.75) is 43.2 Å². The highest BCUT2D eigenvalue weighted by Gasteiger charge is 2.35. The lowest BCUT2D eigenvalue weighted by molar-refractivity contribution is -0.123. The number of hydrogen-bond acceptors (Lipinski definition) is 6. The first-order valence-electron chi connectivity index (χ1n) is 9.92. The summed E-state index contributed by atoms with van der Waals surface area (Å²) in [7, 11) is 0. The quantitative estimate of drug-likeness (QED) is 0.294. The molecule has 0 aliphatic carbocycles. The van der Waals surface area contributed by atoms with Crippen molar-refractivity contribution in [3.63, 3.8) is 0 Å². The average molecular weight is 468 g/mol. The molecule has 0 saturated carbocycles. The second-order valence-electron chi connectivity index (χ2n) is 7.29. The number of carbonyl (C=O) groups is 1. The number of thiocarbonyl (C=S) groups is 1. The van der Waals surface area contributed by atoms with E-state index in [1.807, 2.05) is 63.2 Å². The average Bonchev–Trinajstić information content (AvgIpc) is 3.04. The van der Waals surface area contributed by atoms with Crippen LogP contribution in [0, 0.1) is 6.92 Å². The highest BCUT2D eigenvalue weighted by atomic mass is 32.2. The normalized spacial score (nSPS) is 16.5. The summed E-state index contributed by atoms with van der Waals surface area (Å²) in [5, 5.41) is 0.564. The van der Waals surface area contributed by atoms with Gasteiger partial charge in [-0.25, -0.2) is 4.98 Å². The van der Waals surface area contributed by atoms with Crippen LogP contribution in [0.2, 0.25) is 0 Å². The third-order valence-corrected chi connectivity index (χ3v) is 7.40. The lowest BCUT2D eigenvalue weighted by Crippen LogP contribution is -2.36. The molecule has 3 aromatic rings. The zero-order valence-electron chi connectivity index (χ0n) is 17.4. The molecule has 1 aromatic carbocycles. The third kappa shape index (κ3) is 4.33. The Balaban J connectivity index is 1.87. The van der Waals surface area contributed by atoms with Crippen LogP contribution in [0.1, 0.15) is 31.4 Å². The molecular weight excluding hydrogens is 446 g/mol. The van der Waals surface area contributed by atoms with Gasteiger partial charge in [-0.1, -0.05) is 66.9 Å². The zero-order valence-corrected chi connectivity index (χ0v) is 19.8. The smallest absolute Gasteiger partial charge is 0.266 e. The van der Waals surface area contributed by atoms with E-state index in [2.05, 4.69) is 0 Å². The van der Waals surface area contributed by atoms with Gasteiger partial charge in [0, 0.05) is 17.1 Å². The summed E-state index contributed by atoms with van der Waals surface area (Å²) in [6.45, 7) is 5.92. The Morgan fingerprint density at radius 1 is 1.19 bits per heavy atom. The Kier molecular flexibility index (Phi) is 6.31. The molecule has 1 amide bonds. The van der Waals surface area contributed by atoms with Crippen LogP contribution in [0.3, 0.4) is 0 Å². The van der Waals surface area contributed by atoms with Gasteiger partial charge in [0.15, 0.2) is 0 Å². The van der Waals surface area contributed by atoms with Crippen molar-refractivity contribution in [2.75, 3.05) is 0 Å². The van der Waals surface area contributed by atoms with Crippen molar-refractivity contribution < 1.29 is 4.79 Å². The Morgan fingerprint density at radius 2 is 1.94 bits per heavy atom. The maximum absolute atomic E-state index is 13.4. The van der Waals surface area contributed by atoms with Crippen LogP contribution in [0.15, 0.2) is 68.3 Å².